The molecule has 2 aromatic carbocycles. The first kappa shape index (κ1) is 21.2. The molecule has 0 saturated heterocycles. The number of hydrogen-bond acceptors (Lipinski definition) is 4. The molecule has 1 saturated carbocycles. The quantitative estimate of drug-likeness (QED) is 0.394. The van der Waals surface area contributed by atoms with Gasteiger partial charge in [-0.05, 0) is 42.9 Å². The van der Waals surface area contributed by atoms with E-state index in [0.29, 0.717) is 22.5 Å². The number of carboxylic acid groups (broad SMARTS) is 1. The van der Waals surface area contributed by atoms with Gasteiger partial charge in [0.25, 0.3) is 0 Å². The average molecular weight is 461 g/mol. The summed E-state index contributed by atoms with van der Waals surface area (Å²) in [6.45, 7) is 1.15. The normalized spacial score (nSPS) is 13.4. The van der Waals surface area contributed by atoms with Crippen LogP contribution >= 0.6 is 34.5 Å². The van der Waals surface area contributed by atoms with Gasteiger partial charge in [-0.1, -0.05) is 59.6 Å². The van der Waals surface area contributed by atoms with Crippen molar-refractivity contribution in [3.8, 4) is 11.3 Å². The smallest absolute Gasteiger partial charge is 0.305 e. The topological polar surface area (TPSA) is 53.4 Å². The number of nitrogens with zero attached hydrogens (tertiary/aromatic N) is 2. The van der Waals surface area contributed by atoms with E-state index < -0.39 is 5.97 Å². The third-order valence-corrected chi connectivity index (χ3v) is 7.18. The number of aliphatic carboxylic acids is 1. The van der Waals surface area contributed by atoms with Crippen molar-refractivity contribution in [2.75, 3.05) is 18.0 Å². The van der Waals surface area contributed by atoms with Crippen LogP contribution in [0.3, 0.4) is 0 Å². The van der Waals surface area contributed by atoms with Crippen molar-refractivity contribution < 1.29 is 9.90 Å². The second-order valence-corrected chi connectivity index (χ2v) is 9.30. The molecule has 1 N–H and O–H groups in total. The predicted octanol–water partition coefficient (Wildman–Crippen LogP) is 6.52. The van der Waals surface area contributed by atoms with Crippen molar-refractivity contribution in [3.05, 3.63) is 69.0 Å². The molecule has 4 rings (SSSR count). The van der Waals surface area contributed by atoms with Crippen LogP contribution in [0.25, 0.3) is 11.3 Å². The zero-order valence-electron chi connectivity index (χ0n) is 16.4. The second kappa shape index (κ2) is 9.38. The molecular formula is C23H22Cl2N2O2S. The summed E-state index contributed by atoms with van der Waals surface area (Å²) in [7, 11) is 0. The number of aromatic nitrogens is 1. The summed E-state index contributed by atoms with van der Waals surface area (Å²) in [5.41, 5.74) is 3.12. The highest BCUT2D eigenvalue weighted by Gasteiger charge is 2.31. The number of rotatable bonds is 9. The van der Waals surface area contributed by atoms with Crippen molar-refractivity contribution >= 4 is 45.6 Å². The fraction of sp³-hybridized carbons (Fsp3) is 0.304. The third kappa shape index (κ3) is 5.15. The van der Waals surface area contributed by atoms with Gasteiger partial charge in [-0.25, -0.2) is 4.98 Å². The minimum atomic E-state index is -0.802. The number of carbonyl (C=O) groups is 1. The lowest BCUT2D eigenvalue weighted by molar-refractivity contribution is -0.136. The van der Waals surface area contributed by atoms with Gasteiger partial charge in [0.15, 0.2) is 5.13 Å². The lowest BCUT2D eigenvalue weighted by Gasteiger charge is -2.21. The Bertz CT molecular complexity index is 1030. The van der Waals surface area contributed by atoms with Crippen LogP contribution in [0.4, 0.5) is 5.13 Å². The molecule has 1 aliphatic carbocycles. The summed E-state index contributed by atoms with van der Waals surface area (Å²) in [5, 5.41) is 11.1. The number of halogens is 2. The number of carboxylic acids is 1. The van der Waals surface area contributed by atoms with Gasteiger partial charge in [-0.2, -0.15) is 0 Å². The van der Waals surface area contributed by atoms with Crippen LogP contribution in [0.15, 0.2) is 48.5 Å². The molecule has 0 aliphatic heterocycles. The lowest BCUT2D eigenvalue weighted by atomic mass is 10.1. The molecule has 4 nitrogen and oxygen atoms in total. The summed E-state index contributed by atoms with van der Waals surface area (Å²) in [6.07, 6.45) is 3.24. The van der Waals surface area contributed by atoms with Gasteiger partial charge in [0.1, 0.15) is 0 Å². The van der Waals surface area contributed by atoms with Gasteiger partial charge >= 0.3 is 5.97 Å². The monoisotopic (exact) mass is 460 g/mol. The minimum Gasteiger partial charge on any atom is -0.481 e. The standard InChI is InChI=1S/C23H22Cl2N2O2S/c24-18-9-8-17(14-19(18)25)21-22(16-6-7-16)30-23(26-21)27(13-11-20(28)29)12-10-15-4-2-1-3-5-15/h1-5,8-9,14,16H,6-7,10-13H2,(H,28,29). The van der Waals surface area contributed by atoms with E-state index in [9.17, 15) is 9.90 Å². The molecule has 0 radical (unpaired) electrons. The molecule has 1 aliphatic rings. The van der Waals surface area contributed by atoms with E-state index in [4.69, 9.17) is 28.2 Å². The molecular weight excluding hydrogens is 439 g/mol. The van der Waals surface area contributed by atoms with Crippen molar-refractivity contribution in [1.29, 1.82) is 0 Å². The molecule has 1 aromatic heterocycles. The van der Waals surface area contributed by atoms with Crippen LogP contribution < -0.4 is 4.90 Å². The van der Waals surface area contributed by atoms with Crippen molar-refractivity contribution in [3.63, 3.8) is 0 Å². The third-order valence-electron chi connectivity index (χ3n) is 5.16. The van der Waals surface area contributed by atoms with Crippen molar-refractivity contribution in [1.82, 2.24) is 4.98 Å². The summed E-state index contributed by atoms with van der Waals surface area (Å²) in [4.78, 5) is 19.5. The zero-order valence-corrected chi connectivity index (χ0v) is 18.7. The van der Waals surface area contributed by atoms with Crippen molar-refractivity contribution in [2.24, 2.45) is 0 Å². The lowest BCUT2D eigenvalue weighted by Crippen LogP contribution is -2.28. The van der Waals surface area contributed by atoms with Gasteiger partial charge < -0.3 is 10.0 Å². The van der Waals surface area contributed by atoms with Gasteiger partial charge in [0, 0.05) is 23.5 Å². The molecule has 156 valence electrons. The molecule has 0 unspecified atom stereocenters. The van der Waals surface area contributed by atoms with E-state index in [1.807, 2.05) is 30.3 Å². The highest BCUT2D eigenvalue weighted by Crippen LogP contribution is 2.49. The Balaban J connectivity index is 1.63. The molecule has 0 spiro atoms. The Morgan fingerprint density at radius 2 is 1.87 bits per heavy atom. The largest absolute Gasteiger partial charge is 0.481 e. The fourth-order valence-electron chi connectivity index (χ4n) is 3.37. The number of hydrogen-bond donors (Lipinski definition) is 1. The van der Waals surface area contributed by atoms with E-state index in [-0.39, 0.29) is 6.42 Å². The van der Waals surface area contributed by atoms with Crippen molar-refractivity contribution in [2.45, 2.75) is 31.6 Å². The summed E-state index contributed by atoms with van der Waals surface area (Å²) < 4.78 is 0. The zero-order chi connectivity index (χ0) is 21.1. The second-order valence-electron chi connectivity index (χ2n) is 7.48. The molecule has 3 aromatic rings. The van der Waals surface area contributed by atoms with Crippen LogP contribution in [0, 0.1) is 0 Å². The molecule has 7 heteroatoms. The highest BCUT2D eigenvalue weighted by molar-refractivity contribution is 7.16. The first-order valence-electron chi connectivity index (χ1n) is 9.98. The van der Waals surface area contributed by atoms with Gasteiger partial charge in [0.2, 0.25) is 0 Å². The highest BCUT2D eigenvalue weighted by atomic mass is 35.5. The summed E-state index contributed by atoms with van der Waals surface area (Å²) in [5.74, 6) is -0.278. The van der Waals surface area contributed by atoms with Crippen LogP contribution in [0.2, 0.25) is 10.0 Å². The number of thiazole rings is 1. The van der Waals surface area contributed by atoms with Crippen LogP contribution in [0.1, 0.15) is 35.6 Å². The Morgan fingerprint density at radius 3 is 2.53 bits per heavy atom. The van der Waals surface area contributed by atoms with Gasteiger partial charge in [0.05, 0.1) is 22.2 Å². The predicted molar refractivity (Wildman–Crippen MR) is 124 cm³/mol. The Hall–Kier alpha value is -2.08. The van der Waals surface area contributed by atoms with E-state index in [1.54, 1.807) is 17.4 Å². The van der Waals surface area contributed by atoms with E-state index in [2.05, 4.69) is 17.0 Å². The molecule has 0 atom stereocenters. The van der Waals surface area contributed by atoms with E-state index >= 15 is 0 Å². The molecule has 1 fully saturated rings. The maximum Gasteiger partial charge on any atom is 0.305 e. The van der Waals surface area contributed by atoms with Gasteiger partial charge in [-0.3, -0.25) is 4.79 Å². The molecule has 0 amide bonds. The SMILES string of the molecule is O=C(O)CCN(CCc1ccccc1)c1nc(-c2ccc(Cl)c(Cl)c2)c(C2CC2)s1. The average Bonchev–Trinajstić information content (AvgIpc) is 3.49. The first-order valence-corrected chi connectivity index (χ1v) is 11.6. The van der Waals surface area contributed by atoms with Gasteiger partial charge in [-0.15, -0.1) is 11.3 Å². The molecule has 1 heterocycles. The fourth-order valence-corrected chi connectivity index (χ4v) is 4.98. The number of benzene rings is 2. The van der Waals surface area contributed by atoms with E-state index in [0.717, 1.165) is 42.2 Å². The first-order chi connectivity index (χ1) is 14.5. The minimum absolute atomic E-state index is 0.0786. The Morgan fingerprint density at radius 1 is 1.10 bits per heavy atom. The number of anilines is 1. The van der Waals surface area contributed by atoms with Crippen LogP contribution in [-0.4, -0.2) is 29.1 Å². The van der Waals surface area contributed by atoms with Crippen LogP contribution in [0.5, 0.6) is 0 Å². The maximum absolute atomic E-state index is 11.2. The van der Waals surface area contributed by atoms with E-state index in [1.165, 1.54) is 10.4 Å². The summed E-state index contributed by atoms with van der Waals surface area (Å²) in [6, 6.07) is 15.8. The molecule has 30 heavy (non-hydrogen) atoms. The molecule has 0 bridgehead atoms. The summed E-state index contributed by atoms with van der Waals surface area (Å²) >= 11 is 14.0. The van der Waals surface area contributed by atoms with Crippen LogP contribution in [-0.2, 0) is 11.2 Å². The Kier molecular flexibility index (Phi) is 6.61. The maximum atomic E-state index is 11.2. The Labute approximate surface area is 190 Å².